The van der Waals surface area contributed by atoms with Crippen LogP contribution in [0, 0.1) is 6.92 Å². The summed E-state index contributed by atoms with van der Waals surface area (Å²) in [6.07, 6.45) is 0. The van der Waals surface area contributed by atoms with Gasteiger partial charge in [0, 0.05) is 16.8 Å². The van der Waals surface area contributed by atoms with Gasteiger partial charge < -0.3 is 5.32 Å². The van der Waals surface area contributed by atoms with Crippen LogP contribution < -0.4 is 10.0 Å². The van der Waals surface area contributed by atoms with E-state index in [1.54, 1.807) is 80.6 Å². The van der Waals surface area contributed by atoms with Gasteiger partial charge in [0.2, 0.25) is 10.0 Å². The molecule has 3 aromatic carbocycles. The molecular formula is C23H22N2O4S. The Morgan fingerprint density at radius 1 is 0.867 bits per heavy atom. The first-order valence-corrected chi connectivity index (χ1v) is 11.1. The van der Waals surface area contributed by atoms with Gasteiger partial charge in [-0.15, -0.1) is 0 Å². The first kappa shape index (κ1) is 21.3. The number of rotatable bonds is 7. The summed E-state index contributed by atoms with van der Waals surface area (Å²) < 4.78 is 26.1. The molecule has 0 aliphatic heterocycles. The molecule has 154 valence electrons. The highest BCUT2D eigenvalue weighted by Gasteiger charge is 2.18. The predicted octanol–water partition coefficient (Wildman–Crippen LogP) is 4.24. The van der Waals surface area contributed by atoms with Crippen molar-refractivity contribution in [3.05, 3.63) is 95.1 Å². The summed E-state index contributed by atoms with van der Waals surface area (Å²) in [5.41, 5.74) is 2.69. The van der Waals surface area contributed by atoms with E-state index in [0.717, 1.165) is 0 Å². The maximum atomic E-state index is 12.9. The first-order chi connectivity index (χ1) is 14.3. The number of sulfonamides is 1. The van der Waals surface area contributed by atoms with E-state index in [1.807, 2.05) is 6.07 Å². The van der Waals surface area contributed by atoms with Crippen LogP contribution in [0.2, 0.25) is 0 Å². The smallest absolute Gasteiger partial charge is 0.256 e. The van der Waals surface area contributed by atoms with E-state index in [0.29, 0.717) is 28.1 Å². The van der Waals surface area contributed by atoms with Gasteiger partial charge in [-0.05, 0) is 43.7 Å². The number of hydrogen-bond acceptors (Lipinski definition) is 4. The van der Waals surface area contributed by atoms with Gasteiger partial charge in [-0.2, -0.15) is 0 Å². The summed E-state index contributed by atoms with van der Waals surface area (Å²) in [6, 6.07) is 20.3. The maximum absolute atomic E-state index is 12.9. The van der Waals surface area contributed by atoms with Gasteiger partial charge in [0.15, 0.2) is 5.78 Å². The lowest BCUT2D eigenvalue weighted by molar-refractivity contribution is 0.0996. The van der Waals surface area contributed by atoms with Crippen LogP contribution in [-0.4, -0.2) is 25.9 Å². The predicted molar refractivity (Wildman–Crippen MR) is 119 cm³/mol. The fourth-order valence-corrected chi connectivity index (χ4v) is 3.63. The molecule has 1 amide bonds. The van der Waals surface area contributed by atoms with Crippen LogP contribution in [0.25, 0.3) is 0 Å². The van der Waals surface area contributed by atoms with E-state index < -0.39 is 15.9 Å². The minimum atomic E-state index is -3.39. The lowest BCUT2D eigenvalue weighted by Crippen LogP contribution is -2.17. The van der Waals surface area contributed by atoms with Gasteiger partial charge in [0.1, 0.15) is 0 Å². The molecule has 6 nitrogen and oxygen atoms in total. The molecule has 7 heteroatoms. The van der Waals surface area contributed by atoms with Crippen molar-refractivity contribution in [1.29, 1.82) is 0 Å². The third kappa shape index (κ3) is 4.93. The Bertz CT molecular complexity index is 1190. The number of ketones is 1. The average molecular weight is 423 g/mol. The topological polar surface area (TPSA) is 92.3 Å². The maximum Gasteiger partial charge on any atom is 0.256 e. The summed E-state index contributed by atoms with van der Waals surface area (Å²) in [7, 11) is -3.39. The van der Waals surface area contributed by atoms with Crippen molar-refractivity contribution >= 4 is 33.1 Å². The molecule has 0 saturated carbocycles. The zero-order chi connectivity index (χ0) is 21.7. The highest BCUT2D eigenvalue weighted by molar-refractivity contribution is 7.92. The Labute approximate surface area is 176 Å². The molecule has 0 bridgehead atoms. The second-order valence-corrected chi connectivity index (χ2v) is 8.74. The standard InChI is InChI=1S/C23H22N2O4S/c1-3-30(28,29)25-21-14-13-18(15-16(21)2)24-23(27)20-12-8-7-11-19(20)22(26)17-9-5-4-6-10-17/h4-15,25H,3H2,1-2H3,(H,24,27). The molecule has 2 N–H and O–H groups in total. The zero-order valence-corrected chi connectivity index (χ0v) is 17.5. The van der Waals surface area contributed by atoms with E-state index >= 15 is 0 Å². The molecule has 0 fully saturated rings. The molecule has 3 rings (SSSR count). The Hall–Kier alpha value is -3.45. The van der Waals surface area contributed by atoms with Crippen LogP contribution in [0.1, 0.15) is 38.8 Å². The molecule has 0 heterocycles. The Morgan fingerprint density at radius 2 is 1.50 bits per heavy atom. The van der Waals surface area contributed by atoms with Crippen LogP contribution in [0.3, 0.4) is 0 Å². The highest BCUT2D eigenvalue weighted by Crippen LogP contribution is 2.22. The summed E-state index contributed by atoms with van der Waals surface area (Å²) in [5.74, 6) is -0.685. The Morgan fingerprint density at radius 3 is 2.13 bits per heavy atom. The second kappa shape index (κ2) is 8.92. The molecule has 0 aromatic heterocycles. The quantitative estimate of drug-likeness (QED) is 0.557. The number of carbonyl (C=O) groups is 2. The third-order valence-corrected chi connectivity index (χ3v) is 5.87. The molecular weight excluding hydrogens is 400 g/mol. The van der Waals surface area contributed by atoms with Crippen molar-refractivity contribution < 1.29 is 18.0 Å². The number of aryl methyl sites for hydroxylation is 1. The van der Waals surface area contributed by atoms with Crippen molar-refractivity contribution in [1.82, 2.24) is 0 Å². The molecule has 0 spiro atoms. The molecule has 0 aliphatic carbocycles. The molecule has 0 radical (unpaired) electrons. The van der Waals surface area contributed by atoms with Crippen LogP contribution in [0.5, 0.6) is 0 Å². The Kier molecular flexibility index (Phi) is 6.32. The normalized spacial score (nSPS) is 11.0. The summed E-state index contributed by atoms with van der Waals surface area (Å²) in [6.45, 7) is 3.30. The lowest BCUT2D eigenvalue weighted by Gasteiger charge is -2.13. The molecule has 0 saturated heterocycles. The van der Waals surface area contributed by atoms with Crippen LogP contribution in [0.4, 0.5) is 11.4 Å². The van der Waals surface area contributed by atoms with Gasteiger partial charge >= 0.3 is 0 Å². The summed E-state index contributed by atoms with van der Waals surface area (Å²) in [4.78, 5) is 25.7. The molecule has 0 unspecified atom stereocenters. The van der Waals surface area contributed by atoms with E-state index in [1.165, 1.54) is 0 Å². The van der Waals surface area contributed by atoms with E-state index in [4.69, 9.17) is 0 Å². The minimum absolute atomic E-state index is 0.0306. The first-order valence-electron chi connectivity index (χ1n) is 9.42. The number of benzene rings is 3. The minimum Gasteiger partial charge on any atom is -0.322 e. The fourth-order valence-electron chi connectivity index (χ4n) is 2.92. The van der Waals surface area contributed by atoms with Gasteiger partial charge in [-0.3, -0.25) is 14.3 Å². The number of nitrogens with one attached hydrogen (secondary N) is 2. The van der Waals surface area contributed by atoms with Crippen LogP contribution in [0.15, 0.2) is 72.8 Å². The second-order valence-electron chi connectivity index (χ2n) is 6.73. The lowest BCUT2D eigenvalue weighted by atomic mass is 9.98. The molecule has 3 aromatic rings. The highest BCUT2D eigenvalue weighted by atomic mass is 32.2. The van der Waals surface area contributed by atoms with E-state index in [2.05, 4.69) is 10.0 Å². The zero-order valence-electron chi connectivity index (χ0n) is 16.7. The third-order valence-electron chi connectivity index (χ3n) is 4.58. The molecule has 0 atom stereocenters. The van der Waals surface area contributed by atoms with Crippen LogP contribution >= 0.6 is 0 Å². The van der Waals surface area contributed by atoms with Crippen molar-refractivity contribution in [2.45, 2.75) is 13.8 Å². The molecule has 0 aliphatic rings. The van der Waals surface area contributed by atoms with E-state index in [-0.39, 0.29) is 17.1 Å². The van der Waals surface area contributed by atoms with Gasteiger partial charge in [0.05, 0.1) is 17.0 Å². The largest absolute Gasteiger partial charge is 0.322 e. The van der Waals surface area contributed by atoms with Gasteiger partial charge in [-0.1, -0.05) is 48.5 Å². The SMILES string of the molecule is CCS(=O)(=O)Nc1ccc(NC(=O)c2ccccc2C(=O)c2ccccc2)cc1C. The van der Waals surface area contributed by atoms with Crippen molar-refractivity contribution in [3.8, 4) is 0 Å². The number of carbonyl (C=O) groups excluding carboxylic acids is 2. The Balaban J connectivity index is 1.84. The van der Waals surface area contributed by atoms with Crippen molar-refractivity contribution in [3.63, 3.8) is 0 Å². The molecule has 30 heavy (non-hydrogen) atoms. The summed E-state index contributed by atoms with van der Waals surface area (Å²) >= 11 is 0. The monoisotopic (exact) mass is 422 g/mol. The number of amides is 1. The summed E-state index contributed by atoms with van der Waals surface area (Å²) in [5, 5.41) is 2.78. The fraction of sp³-hybridized carbons (Fsp3) is 0.130. The van der Waals surface area contributed by atoms with Crippen molar-refractivity contribution in [2.75, 3.05) is 15.8 Å². The van der Waals surface area contributed by atoms with E-state index in [9.17, 15) is 18.0 Å². The van der Waals surface area contributed by atoms with Crippen LogP contribution in [-0.2, 0) is 10.0 Å². The number of hydrogen-bond donors (Lipinski definition) is 2. The van der Waals surface area contributed by atoms with Gasteiger partial charge in [0.25, 0.3) is 5.91 Å². The average Bonchev–Trinajstić information content (AvgIpc) is 2.75. The van der Waals surface area contributed by atoms with Crippen molar-refractivity contribution in [2.24, 2.45) is 0 Å². The number of anilines is 2. The van der Waals surface area contributed by atoms with Gasteiger partial charge in [-0.25, -0.2) is 8.42 Å².